The lowest BCUT2D eigenvalue weighted by molar-refractivity contribution is 0.223. The van der Waals surface area contributed by atoms with Gasteiger partial charge in [-0.2, -0.15) is 0 Å². The van der Waals surface area contributed by atoms with Crippen LogP contribution >= 0.6 is 0 Å². The number of rotatable bonds is 28. The second kappa shape index (κ2) is 25.0. The molecule has 0 radical (unpaired) electrons. The Kier molecular flexibility index (Phi) is 22.6. The van der Waals surface area contributed by atoms with E-state index in [4.69, 9.17) is 14.2 Å². The highest BCUT2D eigenvalue weighted by atomic mass is 16.5. The van der Waals surface area contributed by atoms with Gasteiger partial charge in [-0.3, -0.25) is 0 Å². The first-order chi connectivity index (χ1) is 19.6. The molecule has 0 aromatic heterocycles. The maximum absolute atomic E-state index is 10.9. The van der Waals surface area contributed by atoms with Gasteiger partial charge < -0.3 is 24.4 Å². The molecule has 0 amide bonds. The van der Waals surface area contributed by atoms with E-state index in [1.54, 1.807) is 0 Å². The molecule has 0 saturated carbocycles. The minimum Gasteiger partial charge on any atom is -0.504 e. The Morgan fingerprint density at radius 2 is 0.700 bits per heavy atom. The summed E-state index contributed by atoms with van der Waals surface area (Å²) < 4.78 is 18.7. The maximum atomic E-state index is 10.9. The number of unbranched alkanes of at least 4 members (excludes halogenated alkanes) is 18. The number of phenolic OH excluding ortho intramolecular Hbond substituents is 2. The fraction of sp³-hybridized carbons (Fsp3) is 0.829. The molecule has 0 aliphatic rings. The first-order valence-corrected chi connectivity index (χ1v) is 17.1. The monoisotopic (exact) mass is 564 g/mol. The van der Waals surface area contributed by atoms with Crippen molar-refractivity contribution in [2.45, 2.75) is 169 Å². The van der Waals surface area contributed by atoms with E-state index in [0.717, 1.165) is 38.5 Å². The summed E-state index contributed by atoms with van der Waals surface area (Å²) in [6, 6.07) is 0. The third-order valence-corrected chi connectivity index (χ3v) is 7.75. The lowest BCUT2D eigenvalue weighted by Crippen LogP contribution is -2.08. The molecule has 1 aromatic carbocycles. The van der Waals surface area contributed by atoms with Crippen LogP contribution in [0.15, 0.2) is 0 Å². The van der Waals surface area contributed by atoms with Crippen molar-refractivity contribution in [3.8, 4) is 28.7 Å². The third-order valence-electron chi connectivity index (χ3n) is 7.75. The van der Waals surface area contributed by atoms with Crippen molar-refractivity contribution >= 4 is 0 Å². The van der Waals surface area contributed by atoms with Gasteiger partial charge in [0, 0.05) is 5.56 Å². The van der Waals surface area contributed by atoms with Gasteiger partial charge in [0.15, 0.2) is 11.5 Å². The molecule has 1 rings (SSSR count). The zero-order valence-corrected chi connectivity index (χ0v) is 26.8. The van der Waals surface area contributed by atoms with Crippen molar-refractivity contribution in [3.05, 3.63) is 5.56 Å². The Morgan fingerprint density at radius 3 is 1.07 bits per heavy atom. The summed E-state index contributed by atoms with van der Waals surface area (Å²) >= 11 is 0. The fourth-order valence-electron chi connectivity index (χ4n) is 5.15. The molecule has 0 unspecified atom stereocenters. The van der Waals surface area contributed by atoms with Crippen molar-refractivity contribution in [1.29, 1.82) is 0 Å². The Morgan fingerprint density at radius 1 is 0.375 bits per heavy atom. The van der Waals surface area contributed by atoms with E-state index in [1.807, 2.05) is 6.92 Å². The zero-order valence-electron chi connectivity index (χ0n) is 26.8. The van der Waals surface area contributed by atoms with E-state index >= 15 is 0 Å². The molecule has 0 aliphatic carbocycles. The van der Waals surface area contributed by atoms with Crippen molar-refractivity contribution in [1.82, 2.24) is 0 Å². The molecule has 0 fully saturated rings. The van der Waals surface area contributed by atoms with Crippen LogP contribution in [0.2, 0.25) is 0 Å². The molecule has 5 nitrogen and oxygen atoms in total. The SMILES string of the molecule is CCCCCCCCCOc1c(O)c(O)c(CC)c(OCCCCCCCCC)c1OCCCCCCCCC. The van der Waals surface area contributed by atoms with E-state index in [0.29, 0.717) is 43.3 Å². The minimum absolute atomic E-state index is 0.144. The molecule has 0 heterocycles. The van der Waals surface area contributed by atoms with Crippen LogP contribution < -0.4 is 14.2 Å². The molecule has 5 heteroatoms. The predicted molar refractivity (Wildman–Crippen MR) is 170 cm³/mol. The van der Waals surface area contributed by atoms with Crippen LogP contribution in [0.4, 0.5) is 0 Å². The van der Waals surface area contributed by atoms with Crippen molar-refractivity contribution in [3.63, 3.8) is 0 Å². The quantitative estimate of drug-likeness (QED) is 0.0782. The molecule has 0 atom stereocenters. The molecule has 1 aromatic rings. The van der Waals surface area contributed by atoms with Crippen LogP contribution in [0.25, 0.3) is 0 Å². The van der Waals surface area contributed by atoms with Gasteiger partial charge in [-0.1, -0.05) is 143 Å². The number of aromatic hydroxyl groups is 2. The summed E-state index contributed by atoms with van der Waals surface area (Å²) in [5, 5.41) is 21.8. The normalized spacial score (nSPS) is 11.2. The molecule has 0 aliphatic heterocycles. The Bertz CT molecular complexity index is 733. The summed E-state index contributed by atoms with van der Waals surface area (Å²) in [6.07, 6.45) is 25.7. The average Bonchev–Trinajstić information content (AvgIpc) is 2.96. The smallest absolute Gasteiger partial charge is 0.211 e. The van der Waals surface area contributed by atoms with E-state index in [9.17, 15) is 10.2 Å². The summed E-state index contributed by atoms with van der Waals surface area (Å²) in [7, 11) is 0. The summed E-state index contributed by atoms with van der Waals surface area (Å²) in [6.45, 7) is 10.3. The van der Waals surface area contributed by atoms with E-state index in [2.05, 4.69) is 20.8 Å². The average molecular weight is 565 g/mol. The largest absolute Gasteiger partial charge is 0.504 e. The van der Waals surface area contributed by atoms with Crippen LogP contribution in [0.5, 0.6) is 28.7 Å². The summed E-state index contributed by atoms with van der Waals surface area (Å²) in [5.41, 5.74) is 0.596. The number of hydrogen-bond donors (Lipinski definition) is 2. The first-order valence-electron chi connectivity index (χ1n) is 17.1. The fourth-order valence-corrected chi connectivity index (χ4v) is 5.15. The van der Waals surface area contributed by atoms with Crippen LogP contribution in [0, 0.1) is 0 Å². The van der Waals surface area contributed by atoms with Gasteiger partial charge in [-0.15, -0.1) is 0 Å². The molecule has 0 saturated heterocycles. The summed E-state index contributed by atoms with van der Waals surface area (Å²) in [5.74, 6) is 0.871. The van der Waals surface area contributed by atoms with E-state index in [1.165, 1.54) is 96.3 Å². The highest BCUT2D eigenvalue weighted by Crippen LogP contribution is 2.53. The molecular formula is C35H64O5. The van der Waals surface area contributed by atoms with Crippen LogP contribution in [-0.4, -0.2) is 30.0 Å². The lowest BCUT2D eigenvalue weighted by atomic mass is 10.1. The number of benzene rings is 1. The lowest BCUT2D eigenvalue weighted by Gasteiger charge is -2.22. The molecule has 40 heavy (non-hydrogen) atoms. The van der Waals surface area contributed by atoms with Crippen molar-refractivity contribution < 1.29 is 24.4 Å². The third kappa shape index (κ3) is 15.3. The highest BCUT2D eigenvalue weighted by molar-refractivity contribution is 5.69. The molecule has 0 bridgehead atoms. The zero-order chi connectivity index (χ0) is 29.3. The Labute approximate surface area is 247 Å². The van der Waals surface area contributed by atoms with Crippen molar-refractivity contribution in [2.75, 3.05) is 19.8 Å². The van der Waals surface area contributed by atoms with Gasteiger partial charge in [0.05, 0.1) is 19.8 Å². The van der Waals surface area contributed by atoms with E-state index < -0.39 is 0 Å². The highest BCUT2D eigenvalue weighted by Gasteiger charge is 2.27. The van der Waals surface area contributed by atoms with Crippen LogP contribution in [-0.2, 0) is 6.42 Å². The second-order valence-electron chi connectivity index (χ2n) is 11.4. The second-order valence-corrected chi connectivity index (χ2v) is 11.4. The van der Waals surface area contributed by atoms with Crippen LogP contribution in [0.3, 0.4) is 0 Å². The van der Waals surface area contributed by atoms with Gasteiger partial charge >= 0.3 is 0 Å². The van der Waals surface area contributed by atoms with Crippen molar-refractivity contribution in [2.24, 2.45) is 0 Å². The number of hydrogen-bond acceptors (Lipinski definition) is 5. The van der Waals surface area contributed by atoms with Gasteiger partial charge in [0.25, 0.3) is 0 Å². The minimum atomic E-state index is -0.224. The summed E-state index contributed by atoms with van der Waals surface area (Å²) in [4.78, 5) is 0. The van der Waals surface area contributed by atoms with Crippen LogP contribution in [0.1, 0.15) is 168 Å². The van der Waals surface area contributed by atoms with Gasteiger partial charge in [0.2, 0.25) is 17.2 Å². The topological polar surface area (TPSA) is 68.2 Å². The van der Waals surface area contributed by atoms with Gasteiger partial charge in [-0.25, -0.2) is 0 Å². The van der Waals surface area contributed by atoms with Gasteiger partial charge in [0.1, 0.15) is 0 Å². The molecule has 2 N–H and O–H groups in total. The predicted octanol–water partition coefficient (Wildman–Crippen LogP) is 11.0. The standard InChI is InChI=1S/C35H64O5/c1-5-9-12-15-18-21-24-27-38-33-30(8-4)31(36)32(37)34(39-28-25-22-19-16-13-10-6-2)35(33)40-29-26-23-20-17-14-11-7-3/h36-37H,5-29H2,1-4H3. The molecule has 0 spiro atoms. The molecular weight excluding hydrogens is 500 g/mol. The number of phenols is 2. The first kappa shape index (κ1) is 36.2. The number of ether oxygens (including phenoxy) is 3. The van der Waals surface area contributed by atoms with E-state index in [-0.39, 0.29) is 17.2 Å². The maximum Gasteiger partial charge on any atom is 0.211 e. The Balaban J connectivity index is 2.86. The van der Waals surface area contributed by atoms with Gasteiger partial charge in [-0.05, 0) is 25.7 Å². The molecule has 234 valence electrons. The Hall–Kier alpha value is -1.78.